The van der Waals surface area contributed by atoms with Gasteiger partial charge >= 0.3 is 0 Å². The van der Waals surface area contributed by atoms with Crippen molar-refractivity contribution in [3.8, 4) is 0 Å². The molecule has 4 aromatic rings. The smallest absolute Gasteiger partial charge is 0.277 e. The number of amides is 1. The summed E-state index contributed by atoms with van der Waals surface area (Å²) in [6, 6.07) is 10.3. The monoisotopic (exact) mass is 381 g/mol. The number of hydrogen-bond acceptors (Lipinski definition) is 5. The highest BCUT2D eigenvalue weighted by Crippen LogP contribution is 2.32. The second-order valence-corrected chi connectivity index (χ2v) is 7.10. The van der Waals surface area contributed by atoms with Crippen LogP contribution in [0.5, 0.6) is 0 Å². The highest BCUT2D eigenvalue weighted by molar-refractivity contribution is 7.22. The molecule has 0 N–H and O–H groups in total. The molecular weight excluding hydrogens is 365 g/mol. The summed E-state index contributed by atoms with van der Waals surface area (Å²) in [5.74, 6) is -0.658. The highest BCUT2D eigenvalue weighted by Gasteiger charge is 2.26. The van der Waals surface area contributed by atoms with Crippen LogP contribution in [0, 0.1) is 12.7 Å². The molecule has 6 nitrogen and oxygen atoms in total. The average Bonchev–Trinajstić information content (AvgIpc) is 3.24. The molecule has 0 spiro atoms. The maximum Gasteiger partial charge on any atom is 0.278 e. The Morgan fingerprint density at radius 3 is 2.78 bits per heavy atom. The van der Waals surface area contributed by atoms with E-state index in [1.165, 1.54) is 27.0 Å². The number of aromatic nitrogens is 4. The van der Waals surface area contributed by atoms with Crippen molar-refractivity contribution in [2.75, 3.05) is 4.90 Å². The zero-order valence-electron chi connectivity index (χ0n) is 14.8. The lowest BCUT2D eigenvalue weighted by Gasteiger charge is -2.20. The standard InChI is InChI=1S/C19H16FN5OS/c1-12-10-22-24(2)17(12)18(26)25(11-13-6-3-4-9-21-13)19-23-16-14(20)7-5-8-15(16)27-19/h3-10H,11H2,1-2H3. The highest BCUT2D eigenvalue weighted by atomic mass is 32.1. The molecule has 3 heterocycles. The Labute approximate surface area is 158 Å². The molecule has 0 saturated carbocycles. The summed E-state index contributed by atoms with van der Waals surface area (Å²) in [5.41, 5.74) is 2.20. The van der Waals surface area contributed by atoms with Crippen LogP contribution in [0.4, 0.5) is 9.52 Å². The van der Waals surface area contributed by atoms with E-state index in [1.54, 1.807) is 31.6 Å². The van der Waals surface area contributed by atoms with Gasteiger partial charge in [0.1, 0.15) is 17.0 Å². The molecular formula is C19H16FN5OS. The van der Waals surface area contributed by atoms with Gasteiger partial charge in [-0.3, -0.25) is 19.4 Å². The Hall–Kier alpha value is -3.13. The summed E-state index contributed by atoms with van der Waals surface area (Å²) in [7, 11) is 1.72. The van der Waals surface area contributed by atoms with E-state index >= 15 is 0 Å². The molecule has 3 aromatic heterocycles. The van der Waals surface area contributed by atoms with Crippen molar-refractivity contribution >= 4 is 32.6 Å². The van der Waals surface area contributed by atoms with Gasteiger partial charge in [-0.1, -0.05) is 23.5 Å². The van der Waals surface area contributed by atoms with Gasteiger partial charge < -0.3 is 0 Å². The molecule has 0 bridgehead atoms. The van der Waals surface area contributed by atoms with E-state index in [1.807, 2.05) is 25.1 Å². The predicted octanol–water partition coefficient (Wildman–Crippen LogP) is 3.72. The van der Waals surface area contributed by atoms with Gasteiger partial charge in [0.15, 0.2) is 5.13 Å². The summed E-state index contributed by atoms with van der Waals surface area (Å²) in [6.07, 6.45) is 3.32. The number of rotatable bonds is 4. The van der Waals surface area contributed by atoms with Crippen LogP contribution < -0.4 is 4.90 Å². The van der Waals surface area contributed by atoms with Gasteiger partial charge in [0.2, 0.25) is 0 Å². The summed E-state index contributed by atoms with van der Waals surface area (Å²) in [5, 5.41) is 4.58. The predicted molar refractivity (Wildman–Crippen MR) is 102 cm³/mol. The molecule has 27 heavy (non-hydrogen) atoms. The van der Waals surface area contributed by atoms with E-state index in [0.717, 1.165) is 5.56 Å². The number of carbonyl (C=O) groups is 1. The first-order valence-corrected chi connectivity index (χ1v) is 9.11. The van der Waals surface area contributed by atoms with Crippen LogP contribution in [-0.4, -0.2) is 25.7 Å². The molecule has 0 radical (unpaired) electrons. The number of pyridine rings is 1. The van der Waals surface area contributed by atoms with Crippen molar-refractivity contribution in [2.45, 2.75) is 13.5 Å². The minimum Gasteiger partial charge on any atom is -0.277 e. The molecule has 0 saturated heterocycles. The van der Waals surface area contributed by atoms with Gasteiger partial charge in [0.25, 0.3) is 5.91 Å². The van der Waals surface area contributed by atoms with E-state index in [2.05, 4.69) is 15.1 Å². The zero-order valence-corrected chi connectivity index (χ0v) is 15.6. The molecule has 0 aliphatic heterocycles. The summed E-state index contributed by atoms with van der Waals surface area (Å²) >= 11 is 1.27. The Morgan fingerprint density at radius 1 is 1.26 bits per heavy atom. The zero-order chi connectivity index (χ0) is 19.0. The first-order valence-electron chi connectivity index (χ1n) is 8.30. The number of aryl methyl sites for hydroxylation is 2. The molecule has 0 unspecified atom stereocenters. The second kappa shape index (κ2) is 6.88. The fourth-order valence-corrected chi connectivity index (χ4v) is 3.86. The summed E-state index contributed by atoms with van der Waals surface area (Å²) in [4.78, 5) is 23.5. The number of fused-ring (bicyclic) bond motifs is 1. The number of nitrogens with zero attached hydrogens (tertiary/aromatic N) is 5. The molecule has 136 valence electrons. The van der Waals surface area contributed by atoms with Gasteiger partial charge in [-0.2, -0.15) is 5.10 Å². The SMILES string of the molecule is Cc1cnn(C)c1C(=O)N(Cc1ccccn1)c1nc2c(F)cccc2s1. The number of carbonyl (C=O) groups excluding carboxylic acids is 1. The van der Waals surface area contributed by atoms with E-state index in [4.69, 9.17) is 0 Å². The summed E-state index contributed by atoms with van der Waals surface area (Å²) in [6.45, 7) is 2.06. The second-order valence-electron chi connectivity index (χ2n) is 6.10. The molecule has 0 aliphatic carbocycles. The third-order valence-corrected chi connectivity index (χ3v) is 5.25. The van der Waals surface area contributed by atoms with Crippen LogP contribution in [0.1, 0.15) is 21.7 Å². The van der Waals surface area contributed by atoms with Crippen LogP contribution in [-0.2, 0) is 13.6 Å². The summed E-state index contributed by atoms with van der Waals surface area (Å²) < 4.78 is 16.3. The van der Waals surface area contributed by atoms with Crippen molar-refractivity contribution in [3.63, 3.8) is 0 Å². The van der Waals surface area contributed by atoms with Crippen LogP contribution in [0.15, 0.2) is 48.8 Å². The van der Waals surface area contributed by atoms with Gasteiger partial charge in [-0.15, -0.1) is 0 Å². The topological polar surface area (TPSA) is 63.9 Å². The number of para-hydroxylation sites is 1. The molecule has 0 atom stereocenters. The van der Waals surface area contributed by atoms with Crippen LogP contribution in [0.3, 0.4) is 0 Å². The van der Waals surface area contributed by atoms with Gasteiger partial charge in [0.05, 0.1) is 23.1 Å². The Morgan fingerprint density at radius 2 is 2.11 bits per heavy atom. The average molecular weight is 381 g/mol. The largest absolute Gasteiger partial charge is 0.278 e. The lowest BCUT2D eigenvalue weighted by molar-refractivity contribution is 0.0975. The normalized spacial score (nSPS) is 11.1. The lowest BCUT2D eigenvalue weighted by Crippen LogP contribution is -2.32. The van der Waals surface area contributed by atoms with E-state index < -0.39 is 5.82 Å². The fourth-order valence-electron chi connectivity index (χ4n) is 2.88. The van der Waals surface area contributed by atoms with Crippen molar-refractivity contribution in [3.05, 3.63) is 71.6 Å². The van der Waals surface area contributed by atoms with Gasteiger partial charge in [-0.05, 0) is 36.8 Å². The minimum absolute atomic E-state index is 0.228. The number of thiazole rings is 1. The number of halogens is 1. The van der Waals surface area contributed by atoms with Crippen molar-refractivity contribution < 1.29 is 9.18 Å². The molecule has 8 heteroatoms. The third-order valence-electron chi connectivity index (χ3n) is 4.21. The van der Waals surface area contributed by atoms with E-state index in [-0.39, 0.29) is 18.0 Å². The van der Waals surface area contributed by atoms with E-state index in [0.29, 0.717) is 21.2 Å². The van der Waals surface area contributed by atoms with Crippen LogP contribution in [0.25, 0.3) is 10.2 Å². The van der Waals surface area contributed by atoms with Gasteiger partial charge in [0, 0.05) is 13.2 Å². The molecule has 0 aliphatic rings. The number of hydrogen-bond donors (Lipinski definition) is 0. The lowest BCUT2D eigenvalue weighted by atomic mass is 10.2. The van der Waals surface area contributed by atoms with Crippen LogP contribution >= 0.6 is 11.3 Å². The van der Waals surface area contributed by atoms with Crippen molar-refractivity contribution in [1.82, 2.24) is 19.7 Å². The minimum atomic E-state index is -0.406. The van der Waals surface area contributed by atoms with Crippen LogP contribution in [0.2, 0.25) is 0 Å². The fraction of sp³-hybridized carbons (Fsp3) is 0.158. The van der Waals surface area contributed by atoms with E-state index in [9.17, 15) is 9.18 Å². The van der Waals surface area contributed by atoms with Gasteiger partial charge in [-0.25, -0.2) is 9.37 Å². The first-order chi connectivity index (χ1) is 13.0. The maximum absolute atomic E-state index is 14.1. The number of benzene rings is 1. The molecule has 1 amide bonds. The Balaban J connectivity index is 1.82. The first kappa shape index (κ1) is 17.3. The van der Waals surface area contributed by atoms with Crippen molar-refractivity contribution in [2.24, 2.45) is 7.05 Å². The Bertz CT molecular complexity index is 1100. The molecule has 0 fully saturated rings. The molecule has 4 rings (SSSR count). The third kappa shape index (κ3) is 3.19. The van der Waals surface area contributed by atoms with Crippen molar-refractivity contribution in [1.29, 1.82) is 0 Å². The number of anilines is 1. The Kier molecular flexibility index (Phi) is 4.41. The maximum atomic E-state index is 14.1. The molecule has 1 aromatic carbocycles. The quantitative estimate of drug-likeness (QED) is 0.540.